The number of halogens is 7. The molecule has 0 bridgehead atoms. The van der Waals surface area contributed by atoms with Gasteiger partial charge in [0.05, 0.1) is 11.6 Å². The van der Waals surface area contributed by atoms with Gasteiger partial charge in [0.25, 0.3) is 0 Å². The molecule has 0 spiro atoms. The van der Waals surface area contributed by atoms with E-state index in [-0.39, 0.29) is 5.56 Å². The SMILES string of the molecule is CC(C)(C)C(=O)CC(O)(c1ccc(C#N)cc1)C(F)(F)C(F)(F)C(F)(F)F. The molecule has 0 aliphatic rings. The van der Waals surface area contributed by atoms with Crippen LogP contribution < -0.4 is 0 Å². The number of hydrogen-bond donors (Lipinski definition) is 1. The summed E-state index contributed by atoms with van der Waals surface area (Å²) in [6.45, 7) is 3.69. The highest BCUT2D eigenvalue weighted by molar-refractivity contribution is 5.85. The topological polar surface area (TPSA) is 61.1 Å². The van der Waals surface area contributed by atoms with Crippen molar-refractivity contribution in [1.82, 2.24) is 0 Å². The molecule has 150 valence electrons. The Morgan fingerprint density at radius 2 is 1.41 bits per heavy atom. The van der Waals surface area contributed by atoms with E-state index in [0.717, 1.165) is 12.1 Å². The minimum Gasteiger partial charge on any atom is -0.378 e. The summed E-state index contributed by atoms with van der Waals surface area (Å²) in [5.74, 6) is -13.9. The van der Waals surface area contributed by atoms with Gasteiger partial charge in [-0.05, 0) is 17.7 Å². The Balaban J connectivity index is 3.67. The molecule has 27 heavy (non-hydrogen) atoms. The van der Waals surface area contributed by atoms with E-state index in [1.807, 2.05) is 0 Å². The second-order valence-corrected chi connectivity index (χ2v) is 7.05. The van der Waals surface area contributed by atoms with Gasteiger partial charge in [-0.2, -0.15) is 36.0 Å². The molecular formula is C17H16F7NO2. The molecule has 1 atom stereocenters. The molecule has 0 aliphatic heterocycles. The molecule has 0 aromatic heterocycles. The maximum atomic E-state index is 14.4. The summed E-state index contributed by atoms with van der Waals surface area (Å²) in [4.78, 5) is 12.1. The number of benzene rings is 1. The molecule has 0 aliphatic carbocycles. The van der Waals surface area contributed by atoms with Crippen LogP contribution in [0.15, 0.2) is 24.3 Å². The lowest BCUT2D eigenvalue weighted by molar-refractivity contribution is -0.390. The van der Waals surface area contributed by atoms with Crippen LogP contribution in [0.1, 0.15) is 38.3 Å². The molecule has 1 aromatic carbocycles. The molecule has 0 fully saturated rings. The quantitative estimate of drug-likeness (QED) is 0.737. The average Bonchev–Trinajstić information content (AvgIpc) is 2.52. The number of hydrogen-bond acceptors (Lipinski definition) is 3. The first-order chi connectivity index (χ1) is 11.9. The van der Waals surface area contributed by atoms with Crippen LogP contribution in [0.3, 0.4) is 0 Å². The molecule has 0 radical (unpaired) electrons. The first kappa shape index (κ1) is 22.9. The van der Waals surface area contributed by atoms with E-state index in [1.165, 1.54) is 20.8 Å². The number of nitriles is 1. The van der Waals surface area contributed by atoms with Gasteiger partial charge in [0.1, 0.15) is 5.78 Å². The number of aliphatic hydroxyl groups is 1. The summed E-state index contributed by atoms with van der Waals surface area (Å²) in [5, 5.41) is 19.1. The zero-order valence-electron chi connectivity index (χ0n) is 14.5. The largest absolute Gasteiger partial charge is 0.460 e. The molecule has 10 heteroatoms. The Morgan fingerprint density at radius 1 is 0.963 bits per heavy atom. The van der Waals surface area contributed by atoms with Crippen molar-refractivity contribution in [3.05, 3.63) is 35.4 Å². The standard InChI is InChI=1S/C17H16F7NO2/c1-13(2,3)12(26)8-14(27,11-6-4-10(9-25)5-7-11)15(18,19)16(20,21)17(22,23)24/h4-7,27H,8H2,1-3H3. The van der Waals surface area contributed by atoms with Crippen molar-refractivity contribution in [2.45, 2.75) is 50.8 Å². The number of rotatable bonds is 5. The van der Waals surface area contributed by atoms with Crippen LogP contribution in [-0.2, 0) is 10.4 Å². The molecule has 0 saturated heterocycles. The molecule has 0 heterocycles. The first-order valence-corrected chi connectivity index (χ1v) is 7.50. The first-order valence-electron chi connectivity index (χ1n) is 7.50. The van der Waals surface area contributed by atoms with Crippen molar-refractivity contribution >= 4 is 5.78 Å². The fraction of sp³-hybridized carbons (Fsp3) is 0.529. The van der Waals surface area contributed by atoms with Crippen molar-refractivity contribution in [2.75, 3.05) is 0 Å². The summed E-state index contributed by atoms with van der Waals surface area (Å²) >= 11 is 0. The lowest BCUT2D eigenvalue weighted by atomic mass is 9.75. The summed E-state index contributed by atoms with van der Waals surface area (Å²) in [6.07, 6.45) is -8.37. The fourth-order valence-electron chi connectivity index (χ4n) is 2.15. The molecule has 0 saturated carbocycles. The van der Waals surface area contributed by atoms with Crippen LogP contribution in [0, 0.1) is 16.7 Å². The van der Waals surface area contributed by atoms with Crippen LogP contribution in [-0.4, -0.2) is 28.9 Å². The molecule has 0 amide bonds. The van der Waals surface area contributed by atoms with Crippen molar-refractivity contribution in [3.8, 4) is 6.07 Å². The monoisotopic (exact) mass is 399 g/mol. The molecule has 1 unspecified atom stereocenters. The van der Waals surface area contributed by atoms with Crippen molar-refractivity contribution in [3.63, 3.8) is 0 Å². The van der Waals surface area contributed by atoms with E-state index in [1.54, 1.807) is 6.07 Å². The number of carbonyl (C=O) groups is 1. The van der Waals surface area contributed by atoms with Gasteiger partial charge in [0.2, 0.25) is 0 Å². The number of carbonyl (C=O) groups excluding carboxylic acids is 1. The van der Waals surface area contributed by atoms with Gasteiger partial charge >= 0.3 is 18.0 Å². The predicted octanol–water partition coefficient (Wildman–Crippen LogP) is 4.58. The number of ketones is 1. The normalized spacial score (nSPS) is 15.8. The lowest BCUT2D eigenvalue weighted by Crippen LogP contribution is -2.63. The zero-order valence-corrected chi connectivity index (χ0v) is 14.5. The molecule has 1 aromatic rings. The van der Waals surface area contributed by atoms with Gasteiger partial charge in [0.15, 0.2) is 5.60 Å². The zero-order chi connectivity index (χ0) is 21.5. The van der Waals surface area contributed by atoms with Crippen molar-refractivity contribution in [2.24, 2.45) is 5.41 Å². The Kier molecular flexibility index (Phi) is 5.75. The number of nitrogens with zero attached hydrogens (tertiary/aromatic N) is 1. The summed E-state index contributed by atoms with van der Waals surface area (Å²) < 4.78 is 93.8. The van der Waals surface area contributed by atoms with Crippen molar-refractivity contribution in [1.29, 1.82) is 5.26 Å². The molecule has 1 N–H and O–H groups in total. The molecular weight excluding hydrogens is 383 g/mol. The van der Waals surface area contributed by atoms with E-state index in [4.69, 9.17) is 5.26 Å². The number of alkyl halides is 7. The van der Waals surface area contributed by atoms with Gasteiger partial charge in [-0.25, -0.2) is 0 Å². The average molecular weight is 399 g/mol. The van der Waals surface area contributed by atoms with Crippen LogP contribution in [0.5, 0.6) is 0 Å². The Labute approximate surface area is 150 Å². The van der Waals surface area contributed by atoms with E-state index in [9.17, 15) is 40.6 Å². The third-order valence-corrected chi connectivity index (χ3v) is 4.01. The second-order valence-electron chi connectivity index (χ2n) is 7.05. The maximum Gasteiger partial charge on any atom is 0.460 e. The minimum absolute atomic E-state index is 0.117. The van der Waals surface area contributed by atoms with Gasteiger partial charge in [-0.15, -0.1) is 0 Å². The Bertz CT molecular complexity index is 743. The highest BCUT2D eigenvalue weighted by Crippen LogP contribution is 2.55. The van der Waals surface area contributed by atoms with Crippen LogP contribution >= 0.6 is 0 Å². The van der Waals surface area contributed by atoms with Gasteiger partial charge in [-0.1, -0.05) is 32.9 Å². The van der Waals surface area contributed by atoms with Crippen LogP contribution in [0.2, 0.25) is 0 Å². The smallest absolute Gasteiger partial charge is 0.378 e. The minimum atomic E-state index is -6.68. The van der Waals surface area contributed by atoms with Gasteiger partial charge < -0.3 is 5.11 Å². The highest BCUT2D eigenvalue weighted by atomic mass is 19.4. The maximum absolute atomic E-state index is 14.4. The van der Waals surface area contributed by atoms with E-state index >= 15 is 0 Å². The van der Waals surface area contributed by atoms with Gasteiger partial charge in [-0.3, -0.25) is 4.79 Å². The third-order valence-electron chi connectivity index (χ3n) is 4.01. The van der Waals surface area contributed by atoms with E-state index < -0.39 is 46.8 Å². The van der Waals surface area contributed by atoms with Crippen LogP contribution in [0.25, 0.3) is 0 Å². The molecule has 3 nitrogen and oxygen atoms in total. The van der Waals surface area contributed by atoms with Crippen molar-refractivity contribution < 1.29 is 40.6 Å². The summed E-state index contributed by atoms with van der Waals surface area (Å²) in [7, 11) is 0. The van der Waals surface area contributed by atoms with E-state index in [2.05, 4.69) is 0 Å². The van der Waals surface area contributed by atoms with E-state index in [0.29, 0.717) is 12.1 Å². The summed E-state index contributed by atoms with van der Waals surface area (Å²) in [5.41, 5.74) is -6.73. The Hall–Kier alpha value is -2.15. The predicted molar refractivity (Wildman–Crippen MR) is 80.1 cm³/mol. The number of Topliss-reactive ketones (excluding diaryl/α,β-unsaturated/α-hetero) is 1. The molecule has 1 rings (SSSR count). The lowest BCUT2D eigenvalue weighted by Gasteiger charge is -2.41. The van der Waals surface area contributed by atoms with Gasteiger partial charge in [0, 0.05) is 11.8 Å². The Morgan fingerprint density at radius 3 is 1.74 bits per heavy atom. The second kappa shape index (κ2) is 6.78. The fourth-order valence-corrected chi connectivity index (χ4v) is 2.15. The summed E-state index contributed by atoms with van der Waals surface area (Å²) in [6, 6.07) is 4.51. The third kappa shape index (κ3) is 3.93. The highest BCUT2D eigenvalue weighted by Gasteiger charge is 2.80. The van der Waals surface area contributed by atoms with Crippen LogP contribution in [0.4, 0.5) is 30.7 Å².